The first-order valence-electron chi connectivity index (χ1n) is 12.2. The number of hydrogen-bond acceptors (Lipinski definition) is 4. The van der Waals surface area contributed by atoms with Gasteiger partial charge in [0.05, 0.1) is 6.10 Å². The molecule has 0 N–H and O–H groups in total. The molecule has 4 rings (SSSR count). The summed E-state index contributed by atoms with van der Waals surface area (Å²) in [7, 11) is 0. The van der Waals surface area contributed by atoms with Crippen molar-refractivity contribution >= 4 is 5.91 Å². The Balaban J connectivity index is 1.29. The second-order valence-electron chi connectivity index (χ2n) is 9.44. The molecule has 0 bridgehead atoms. The molecule has 1 aromatic carbocycles. The summed E-state index contributed by atoms with van der Waals surface area (Å²) in [5.74, 6) is 0.832. The van der Waals surface area contributed by atoms with Gasteiger partial charge in [0.15, 0.2) is 0 Å². The number of aromatic nitrogens is 1. The van der Waals surface area contributed by atoms with Crippen LogP contribution < -0.4 is 0 Å². The molecule has 2 aliphatic rings. The van der Waals surface area contributed by atoms with Crippen LogP contribution in [-0.2, 0) is 22.5 Å². The molecule has 0 spiro atoms. The van der Waals surface area contributed by atoms with E-state index in [1.165, 1.54) is 11.1 Å². The zero-order chi connectivity index (χ0) is 22.2. The largest absolute Gasteiger partial charge is 0.376 e. The van der Waals surface area contributed by atoms with Gasteiger partial charge in [-0.2, -0.15) is 0 Å². The van der Waals surface area contributed by atoms with E-state index < -0.39 is 0 Å². The number of amides is 1. The summed E-state index contributed by atoms with van der Waals surface area (Å²) < 4.78 is 5.87. The van der Waals surface area contributed by atoms with Gasteiger partial charge in [-0.25, -0.2) is 0 Å². The van der Waals surface area contributed by atoms with Crippen LogP contribution in [0.4, 0.5) is 0 Å². The van der Waals surface area contributed by atoms with Crippen molar-refractivity contribution in [3.05, 3.63) is 65.5 Å². The van der Waals surface area contributed by atoms with Crippen molar-refractivity contribution < 1.29 is 9.53 Å². The highest BCUT2D eigenvalue weighted by molar-refractivity contribution is 5.76. The standard InChI is InChI=1S/C27H37N3O2/c1-22-6-2-3-8-25(22)20-29-15-12-24(13-16-29)19-30(21-26-9-5-17-32-26)27(31)11-10-23-7-4-14-28-18-23/h2-4,6-8,14,18,24,26H,5,9-13,15-17,19-21H2,1H3. The second kappa shape index (κ2) is 11.6. The van der Waals surface area contributed by atoms with Crippen molar-refractivity contribution in [3.63, 3.8) is 0 Å². The molecular formula is C27H37N3O2. The van der Waals surface area contributed by atoms with Crippen LogP contribution in [0.5, 0.6) is 0 Å². The number of piperidine rings is 1. The fourth-order valence-electron chi connectivity index (χ4n) is 4.93. The lowest BCUT2D eigenvalue weighted by Crippen LogP contribution is -2.43. The van der Waals surface area contributed by atoms with Crippen LogP contribution in [0, 0.1) is 12.8 Å². The summed E-state index contributed by atoms with van der Waals surface area (Å²) >= 11 is 0. The molecule has 2 fully saturated rings. The monoisotopic (exact) mass is 435 g/mol. The Bertz CT molecular complexity index is 843. The van der Waals surface area contributed by atoms with Gasteiger partial charge in [-0.3, -0.25) is 14.7 Å². The summed E-state index contributed by atoms with van der Waals surface area (Å²) in [4.78, 5) is 22.0. The number of benzene rings is 1. The van der Waals surface area contributed by atoms with Crippen LogP contribution in [-0.4, -0.2) is 59.6 Å². The Labute approximate surface area is 192 Å². The Hall–Kier alpha value is -2.24. The Morgan fingerprint density at radius 1 is 1.12 bits per heavy atom. The minimum atomic E-state index is 0.207. The Kier molecular flexibility index (Phi) is 8.30. The maximum atomic E-state index is 13.2. The minimum Gasteiger partial charge on any atom is -0.376 e. The molecule has 0 radical (unpaired) electrons. The molecule has 172 valence electrons. The molecule has 5 nitrogen and oxygen atoms in total. The van der Waals surface area contributed by atoms with Gasteiger partial charge in [-0.1, -0.05) is 30.3 Å². The van der Waals surface area contributed by atoms with Gasteiger partial charge in [0, 0.05) is 45.1 Å². The van der Waals surface area contributed by atoms with E-state index in [9.17, 15) is 4.79 Å². The van der Waals surface area contributed by atoms with Gasteiger partial charge in [0.2, 0.25) is 5.91 Å². The number of carbonyl (C=O) groups excluding carboxylic acids is 1. The normalized spacial score (nSPS) is 19.8. The lowest BCUT2D eigenvalue weighted by Gasteiger charge is -2.36. The number of ether oxygens (including phenoxy) is 1. The summed E-state index contributed by atoms with van der Waals surface area (Å²) in [6, 6.07) is 12.7. The van der Waals surface area contributed by atoms with Crippen LogP contribution in [0.15, 0.2) is 48.8 Å². The highest BCUT2D eigenvalue weighted by Gasteiger charge is 2.27. The van der Waals surface area contributed by atoms with E-state index >= 15 is 0 Å². The average Bonchev–Trinajstić information content (AvgIpc) is 3.34. The fraction of sp³-hybridized carbons (Fsp3) is 0.556. The van der Waals surface area contributed by atoms with Crippen molar-refractivity contribution in [2.45, 2.75) is 58.1 Å². The van der Waals surface area contributed by atoms with Crippen molar-refractivity contribution in [2.24, 2.45) is 5.92 Å². The molecule has 1 aromatic heterocycles. The maximum absolute atomic E-state index is 13.2. The van der Waals surface area contributed by atoms with Crippen molar-refractivity contribution in [2.75, 3.05) is 32.8 Å². The lowest BCUT2D eigenvalue weighted by atomic mass is 9.95. The van der Waals surface area contributed by atoms with Crippen molar-refractivity contribution in [1.82, 2.24) is 14.8 Å². The van der Waals surface area contributed by atoms with Crippen LogP contribution >= 0.6 is 0 Å². The van der Waals surface area contributed by atoms with E-state index in [2.05, 4.69) is 52.0 Å². The third kappa shape index (κ3) is 6.63. The highest BCUT2D eigenvalue weighted by atomic mass is 16.5. The molecular weight excluding hydrogens is 398 g/mol. The molecule has 1 atom stereocenters. The Morgan fingerprint density at radius 3 is 2.69 bits per heavy atom. The zero-order valence-corrected chi connectivity index (χ0v) is 19.4. The number of rotatable bonds is 9. The van der Waals surface area contributed by atoms with E-state index in [4.69, 9.17) is 4.74 Å². The van der Waals surface area contributed by atoms with Gasteiger partial charge in [-0.05, 0) is 80.8 Å². The number of nitrogens with zero attached hydrogens (tertiary/aromatic N) is 3. The molecule has 3 heterocycles. The van der Waals surface area contributed by atoms with E-state index in [1.54, 1.807) is 6.20 Å². The molecule has 2 aromatic rings. The number of pyridine rings is 1. The van der Waals surface area contributed by atoms with Crippen molar-refractivity contribution in [1.29, 1.82) is 0 Å². The minimum absolute atomic E-state index is 0.207. The SMILES string of the molecule is Cc1ccccc1CN1CCC(CN(CC2CCCO2)C(=O)CCc2cccnc2)CC1. The van der Waals surface area contributed by atoms with Gasteiger partial charge < -0.3 is 9.64 Å². The predicted octanol–water partition coefficient (Wildman–Crippen LogP) is 4.24. The topological polar surface area (TPSA) is 45.7 Å². The summed E-state index contributed by atoms with van der Waals surface area (Å²) in [6.45, 7) is 7.89. The molecule has 0 aliphatic carbocycles. The second-order valence-corrected chi connectivity index (χ2v) is 9.44. The quantitative estimate of drug-likeness (QED) is 0.591. The van der Waals surface area contributed by atoms with Crippen LogP contribution in [0.1, 0.15) is 48.8 Å². The summed E-state index contributed by atoms with van der Waals surface area (Å²) in [5, 5.41) is 0. The van der Waals surface area contributed by atoms with Crippen molar-refractivity contribution in [3.8, 4) is 0 Å². The molecule has 1 unspecified atom stereocenters. The molecule has 2 saturated heterocycles. The smallest absolute Gasteiger partial charge is 0.222 e. The van der Waals surface area contributed by atoms with Gasteiger partial charge in [0.1, 0.15) is 0 Å². The molecule has 5 heteroatoms. The van der Waals surface area contributed by atoms with E-state index in [1.807, 2.05) is 12.3 Å². The van der Waals surface area contributed by atoms with E-state index in [0.717, 1.165) is 77.0 Å². The number of likely N-dealkylation sites (tertiary alicyclic amines) is 1. The van der Waals surface area contributed by atoms with Crippen LogP contribution in [0.25, 0.3) is 0 Å². The number of carbonyl (C=O) groups is 1. The lowest BCUT2D eigenvalue weighted by molar-refractivity contribution is -0.133. The third-order valence-corrected chi connectivity index (χ3v) is 6.99. The molecule has 2 aliphatic heterocycles. The highest BCUT2D eigenvalue weighted by Crippen LogP contribution is 2.23. The fourth-order valence-corrected chi connectivity index (χ4v) is 4.93. The summed E-state index contributed by atoms with van der Waals surface area (Å²) in [6.07, 6.45) is 9.64. The predicted molar refractivity (Wildman–Crippen MR) is 127 cm³/mol. The first-order valence-corrected chi connectivity index (χ1v) is 12.2. The third-order valence-electron chi connectivity index (χ3n) is 6.99. The van der Waals surface area contributed by atoms with Crippen LogP contribution in [0.3, 0.4) is 0 Å². The van der Waals surface area contributed by atoms with Gasteiger partial charge >= 0.3 is 0 Å². The van der Waals surface area contributed by atoms with E-state index in [0.29, 0.717) is 12.3 Å². The van der Waals surface area contributed by atoms with E-state index in [-0.39, 0.29) is 12.0 Å². The molecule has 1 amide bonds. The number of hydrogen-bond donors (Lipinski definition) is 0. The molecule has 0 saturated carbocycles. The van der Waals surface area contributed by atoms with Gasteiger partial charge in [0.25, 0.3) is 0 Å². The zero-order valence-electron chi connectivity index (χ0n) is 19.4. The maximum Gasteiger partial charge on any atom is 0.222 e. The Morgan fingerprint density at radius 2 is 1.97 bits per heavy atom. The first-order chi connectivity index (χ1) is 15.7. The van der Waals surface area contributed by atoms with Crippen LogP contribution in [0.2, 0.25) is 0 Å². The van der Waals surface area contributed by atoms with Gasteiger partial charge in [-0.15, -0.1) is 0 Å². The molecule has 32 heavy (non-hydrogen) atoms. The number of aryl methyl sites for hydroxylation is 2. The average molecular weight is 436 g/mol. The summed E-state index contributed by atoms with van der Waals surface area (Å²) in [5.41, 5.74) is 3.93. The first kappa shape index (κ1) is 22.9.